The second-order valence-electron chi connectivity index (χ2n) is 10.0. The summed E-state index contributed by atoms with van der Waals surface area (Å²) in [5, 5.41) is 13.1. The number of esters is 1. The van der Waals surface area contributed by atoms with E-state index in [0.29, 0.717) is 17.0 Å². The Hall–Kier alpha value is -5.06. The zero-order chi connectivity index (χ0) is 30.7. The number of hydrogen-bond donors (Lipinski definition) is 3. The highest BCUT2D eigenvalue weighted by Crippen LogP contribution is 2.33. The third-order valence-corrected chi connectivity index (χ3v) is 5.54. The number of carbonyl (C=O) groups is 3. The number of nitrogens with two attached hydrogens (primary N) is 1. The van der Waals surface area contributed by atoms with Crippen LogP contribution in [0.5, 0.6) is 11.5 Å². The fourth-order valence-corrected chi connectivity index (χ4v) is 3.68. The Kier molecular flexibility index (Phi) is 10.9. The van der Waals surface area contributed by atoms with E-state index in [1.165, 1.54) is 0 Å². The van der Waals surface area contributed by atoms with Gasteiger partial charge in [-0.15, -0.1) is 0 Å². The van der Waals surface area contributed by atoms with Crippen LogP contribution in [0.4, 0.5) is 10.5 Å². The third kappa shape index (κ3) is 9.84. The van der Waals surface area contributed by atoms with Crippen LogP contribution in [0.2, 0.25) is 0 Å². The number of anilines is 1. The Balaban J connectivity index is 1.85. The Bertz CT molecular complexity index is 1400. The summed E-state index contributed by atoms with van der Waals surface area (Å²) in [6.45, 7) is 6.88. The molecule has 3 aromatic rings. The number of amides is 1. The predicted molar refractivity (Wildman–Crippen MR) is 157 cm³/mol. The van der Waals surface area contributed by atoms with Gasteiger partial charge in [0.2, 0.25) is 0 Å². The van der Waals surface area contributed by atoms with Crippen LogP contribution in [0.25, 0.3) is 0 Å². The lowest BCUT2D eigenvalue weighted by Gasteiger charge is -2.21. The minimum atomic E-state index is -1.29. The van der Waals surface area contributed by atoms with Gasteiger partial charge in [0.25, 0.3) is 0 Å². The maximum Gasteiger partial charge on any atom is 0.436 e. The fourth-order valence-electron chi connectivity index (χ4n) is 3.68. The number of carbonyl (C=O) groups excluding carboxylic acids is 2. The van der Waals surface area contributed by atoms with Crippen molar-refractivity contribution in [2.24, 2.45) is 10.7 Å². The van der Waals surface area contributed by atoms with Crippen LogP contribution in [-0.4, -0.2) is 47.8 Å². The maximum absolute atomic E-state index is 12.5. The van der Waals surface area contributed by atoms with Crippen molar-refractivity contribution in [1.29, 1.82) is 0 Å². The molecule has 4 N–H and O–H groups in total. The second-order valence-corrected chi connectivity index (χ2v) is 10.0. The van der Waals surface area contributed by atoms with Gasteiger partial charge in [0, 0.05) is 16.8 Å². The Labute approximate surface area is 244 Å². The van der Waals surface area contributed by atoms with Gasteiger partial charge in [-0.05, 0) is 75.7 Å². The summed E-state index contributed by atoms with van der Waals surface area (Å²) in [5.41, 5.74) is 7.27. The first kappa shape index (κ1) is 31.5. The highest BCUT2D eigenvalue weighted by molar-refractivity contribution is 6.03. The van der Waals surface area contributed by atoms with Gasteiger partial charge < -0.3 is 35.1 Å². The smallest absolute Gasteiger partial charge is 0.436 e. The largest absolute Gasteiger partial charge is 0.489 e. The monoisotopic (exact) mass is 577 g/mol. The topological polar surface area (TPSA) is 159 Å². The summed E-state index contributed by atoms with van der Waals surface area (Å²) in [5.74, 6) is -1.27. The van der Waals surface area contributed by atoms with Gasteiger partial charge in [0.15, 0.2) is 12.6 Å². The lowest BCUT2D eigenvalue weighted by molar-refractivity contribution is -0.145. The predicted octanol–water partition coefficient (Wildman–Crippen LogP) is 5.09. The molecule has 0 aliphatic carbocycles. The van der Waals surface area contributed by atoms with Crippen LogP contribution in [0.15, 0.2) is 77.8 Å². The van der Waals surface area contributed by atoms with E-state index < -0.39 is 36.3 Å². The standard InChI is InChI=1S/C31H35N3O8/c1-5-39-26(35)19-41-25-16-15-23(40-18-20-9-7-6-8-10-20)17-24(25)27(29(36)37)33-22-13-11-21(12-14-22)28(32)34-30(38)42-31(2,3)4/h6-17,27,33H,5,18-19H2,1-4H3,(H,36,37)(H2,32,34,38). The van der Waals surface area contributed by atoms with E-state index in [-0.39, 0.29) is 30.4 Å². The molecule has 11 nitrogen and oxygen atoms in total. The van der Waals surface area contributed by atoms with E-state index in [2.05, 4.69) is 10.3 Å². The molecule has 1 atom stereocenters. The fraction of sp³-hybridized carbons (Fsp3) is 0.290. The van der Waals surface area contributed by atoms with E-state index in [9.17, 15) is 19.5 Å². The second kappa shape index (κ2) is 14.5. The Morgan fingerprint density at radius 1 is 0.976 bits per heavy atom. The van der Waals surface area contributed by atoms with Gasteiger partial charge in [0.1, 0.15) is 29.5 Å². The number of carboxylic acids is 1. The number of amidine groups is 1. The van der Waals surface area contributed by atoms with Gasteiger partial charge in [-0.1, -0.05) is 30.3 Å². The molecule has 0 radical (unpaired) electrons. The first-order valence-electron chi connectivity index (χ1n) is 13.2. The Morgan fingerprint density at radius 3 is 2.29 bits per heavy atom. The summed E-state index contributed by atoms with van der Waals surface area (Å²) in [6, 6.07) is 19.3. The minimum absolute atomic E-state index is 0.0523. The number of aliphatic imine (C=N–C) groups is 1. The molecule has 222 valence electrons. The van der Waals surface area contributed by atoms with Crippen molar-refractivity contribution < 1.29 is 38.4 Å². The van der Waals surface area contributed by atoms with Crippen LogP contribution in [0.3, 0.4) is 0 Å². The third-order valence-electron chi connectivity index (χ3n) is 5.54. The SMILES string of the molecule is CCOC(=O)COc1ccc(OCc2ccccc2)cc1C(Nc1ccc(/C(N)=N/C(=O)OC(C)(C)C)cc1)C(=O)O. The molecule has 0 aromatic heterocycles. The molecule has 0 aliphatic rings. The van der Waals surface area contributed by atoms with E-state index >= 15 is 0 Å². The van der Waals surface area contributed by atoms with Crippen molar-refractivity contribution in [3.8, 4) is 11.5 Å². The van der Waals surface area contributed by atoms with Crippen LogP contribution in [-0.2, 0) is 25.7 Å². The normalized spacial score (nSPS) is 12.1. The van der Waals surface area contributed by atoms with Crippen molar-refractivity contribution in [1.82, 2.24) is 0 Å². The number of nitrogens with one attached hydrogen (secondary N) is 1. The molecule has 0 saturated heterocycles. The molecule has 0 aliphatic heterocycles. The summed E-state index contributed by atoms with van der Waals surface area (Å²) in [7, 11) is 0. The molecule has 0 bridgehead atoms. The first-order chi connectivity index (χ1) is 19.9. The molecule has 1 unspecified atom stereocenters. The number of benzene rings is 3. The molecule has 1 amide bonds. The van der Waals surface area contributed by atoms with Gasteiger partial charge in [0.05, 0.1) is 6.61 Å². The van der Waals surface area contributed by atoms with Crippen LogP contribution in [0.1, 0.15) is 50.4 Å². The van der Waals surface area contributed by atoms with Gasteiger partial charge in [-0.25, -0.2) is 14.4 Å². The highest BCUT2D eigenvalue weighted by Gasteiger charge is 2.25. The quantitative estimate of drug-likeness (QED) is 0.150. The first-order valence-corrected chi connectivity index (χ1v) is 13.2. The summed E-state index contributed by atoms with van der Waals surface area (Å²) < 4.78 is 21.6. The minimum Gasteiger partial charge on any atom is -0.489 e. The number of ether oxygens (including phenoxy) is 4. The number of hydrogen-bond acceptors (Lipinski definition) is 8. The van der Waals surface area contributed by atoms with Crippen molar-refractivity contribution in [3.63, 3.8) is 0 Å². The van der Waals surface area contributed by atoms with Crippen molar-refractivity contribution in [3.05, 3.63) is 89.5 Å². The molecule has 0 spiro atoms. The Morgan fingerprint density at radius 2 is 1.67 bits per heavy atom. The van der Waals surface area contributed by atoms with Crippen LogP contribution in [0, 0.1) is 0 Å². The van der Waals surface area contributed by atoms with Crippen molar-refractivity contribution in [2.45, 2.75) is 45.9 Å². The number of rotatable bonds is 12. The number of nitrogens with zero attached hydrogens (tertiary/aromatic N) is 1. The zero-order valence-corrected chi connectivity index (χ0v) is 24.0. The summed E-state index contributed by atoms with van der Waals surface area (Å²) >= 11 is 0. The molecule has 0 fully saturated rings. The molecule has 11 heteroatoms. The van der Waals surface area contributed by atoms with E-state index in [1.807, 2.05) is 30.3 Å². The number of carboxylic acid groups (broad SMARTS) is 1. The summed E-state index contributed by atoms with van der Waals surface area (Å²) in [6.07, 6.45) is -0.821. The van der Waals surface area contributed by atoms with Crippen molar-refractivity contribution in [2.75, 3.05) is 18.5 Å². The lowest BCUT2D eigenvalue weighted by Crippen LogP contribution is -2.24. The summed E-state index contributed by atoms with van der Waals surface area (Å²) in [4.78, 5) is 40.1. The average molecular weight is 578 g/mol. The maximum atomic E-state index is 12.5. The van der Waals surface area contributed by atoms with Crippen LogP contribution < -0.4 is 20.5 Å². The molecule has 3 aromatic carbocycles. The molecular formula is C31H35N3O8. The van der Waals surface area contributed by atoms with E-state index in [4.69, 9.17) is 24.7 Å². The molecule has 0 heterocycles. The van der Waals surface area contributed by atoms with E-state index in [0.717, 1.165) is 5.56 Å². The van der Waals surface area contributed by atoms with Crippen LogP contribution >= 0.6 is 0 Å². The van der Waals surface area contributed by atoms with Crippen molar-refractivity contribution >= 4 is 29.6 Å². The van der Waals surface area contributed by atoms with Gasteiger partial charge in [-0.2, -0.15) is 4.99 Å². The average Bonchev–Trinajstić information content (AvgIpc) is 2.93. The molecule has 42 heavy (non-hydrogen) atoms. The highest BCUT2D eigenvalue weighted by atomic mass is 16.6. The number of aliphatic carboxylic acids is 1. The molecular weight excluding hydrogens is 542 g/mol. The molecule has 0 saturated carbocycles. The lowest BCUT2D eigenvalue weighted by atomic mass is 10.0. The zero-order valence-electron chi connectivity index (χ0n) is 24.0. The molecule has 3 rings (SSSR count). The van der Waals surface area contributed by atoms with E-state index in [1.54, 1.807) is 70.2 Å². The van der Waals surface area contributed by atoms with Gasteiger partial charge >= 0.3 is 18.0 Å². The van der Waals surface area contributed by atoms with Gasteiger partial charge in [-0.3, -0.25) is 0 Å².